The molecule has 0 fully saturated rings. The Balaban J connectivity index is 2.81. The Morgan fingerprint density at radius 1 is 1.54 bits per heavy atom. The van der Waals surface area contributed by atoms with Crippen LogP contribution in [0.2, 0.25) is 0 Å². The fourth-order valence-corrected chi connectivity index (χ4v) is 1.13. The van der Waals surface area contributed by atoms with Crippen LogP contribution in [0.15, 0.2) is 18.3 Å². The topological polar surface area (TPSA) is 36.4 Å². The van der Waals surface area contributed by atoms with E-state index in [2.05, 4.69) is 4.98 Å². The van der Waals surface area contributed by atoms with Crippen LogP contribution in [0.3, 0.4) is 0 Å². The van der Waals surface area contributed by atoms with Crippen LogP contribution < -0.4 is 4.90 Å². The van der Waals surface area contributed by atoms with Crippen molar-refractivity contribution in [1.29, 1.82) is 0 Å². The van der Waals surface area contributed by atoms with E-state index in [9.17, 15) is 5.11 Å². The molecule has 1 aromatic rings. The number of aliphatic hydroxyl groups excluding tert-OH is 1. The van der Waals surface area contributed by atoms with E-state index in [1.807, 2.05) is 31.1 Å². The van der Waals surface area contributed by atoms with Gasteiger partial charge >= 0.3 is 0 Å². The lowest BCUT2D eigenvalue weighted by Gasteiger charge is -2.12. The molecule has 72 valence electrons. The zero-order valence-corrected chi connectivity index (χ0v) is 8.49. The smallest absolute Gasteiger partial charge is 0.127 e. The maximum Gasteiger partial charge on any atom is 0.127 e. The molecule has 0 amide bonds. The number of hydrogen-bond donors (Lipinski definition) is 1. The molecule has 4 heteroatoms. The number of alkyl halides is 1. The molecule has 0 spiro atoms. The zero-order chi connectivity index (χ0) is 9.84. The van der Waals surface area contributed by atoms with E-state index in [0.717, 1.165) is 11.4 Å². The Morgan fingerprint density at radius 2 is 2.23 bits per heavy atom. The maximum absolute atomic E-state index is 9.37. The van der Waals surface area contributed by atoms with Crippen molar-refractivity contribution in [2.45, 2.75) is 6.10 Å². The molecule has 1 rings (SSSR count). The van der Waals surface area contributed by atoms with Crippen LogP contribution in [0.5, 0.6) is 0 Å². The van der Waals surface area contributed by atoms with Crippen molar-refractivity contribution in [1.82, 2.24) is 4.98 Å². The third-order valence-electron chi connectivity index (χ3n) is 1.76. The van der Waals surface area contributed by atoms with Gasteiger partial charge in [-0.2, -0.15) is 0 Å². The molecule has 1 aromatic heterocycles. The van der Waals surface area contributed by atoms with Crippen molar-refractivity contribution in [2.75, 3.05) is 24.9 Å². The second kappa shape index (κ2) is 4.44. The van der Waals surface area contributed by atoms with Gasteiger partial charge in [0.1, 0.15) is 5.82 Å². The quantitative estimate of drug-likeness (QED) is 0.750. The highest BCUT2D eigenvalue weighted by Crippen LogP contribution is 2.15. The van der Waals surface area contributed by atoms with Crippen LogP contribution in [0.4, 0.5) is 5.82 Å². The van der Waals surface area contributed by atoms with Gasteiger partial charge in [-0.15, -0.1) is 11.6 Å². The Hall–Kier alpha value is -0.800. The Labute approximate surface area is 83.0 Å². The summed E-state index contributed by atoms with van der Waals surface area (Å²) in [6.45, 7) is 0. The van der Waals surface area contributed by atoms with Crippen LogP contribution in [-0.4, -0.2) is 30.1 Å². The highest BCUT2D eigenvalue weighted by molar-refractivity contribution is 6.18. The molecule has 3 nitrogen and oxygen atoms in total. The number of aliphatic hydroxyl groups is 1. The average molecular weight is 201 g/mol. The summed E-state index contributed by atoms with van der Waals surface area (Å²) in [5.74, 6) is 1.06. The summed E-state index contributed by atoms with van der Waals surface area (Å²) >= 11 is 5.50. The Morgan fingerprint density at radius 3 is 2.62 bits per heavy atom. The van der Waals surface area contributed by atoms with E-state index in [1.54, 1.807) is 6.20 Å². The third kappa shape index (κ3) is 2.57. The van der Waals surface area contributed by atoms with Gasteiger partial charge in [0, 0.05) is 25.9 Å². The monoisotopic (exact) mass is 200 g/mol. The molecule has 0 aromatic carbocycles. The number of rotatable bonds is 3. The van der Waals surface area contributed by atoms with E-state index < -0.39 is 6.10 Å². The lowest BCUT2D eigenvalue weighted by Crippen LogP contribution is -2.10. The summed E-state index contributed by atoms with van der Waals surface area (Å²) in [4.78, 5) is 6.05. The maximum atomic E-state index is 9.37. The number of aromatic nitrogens is 1. The summed E-state index contributed by atoms with van der Waals surface area (Å²) < 4.78 is 0. The van der Waals surface area contributed by atoms with Crippen LogP contribution >= 0.6 is 11.6 Å². The van der Waals surface area contributed by atoms with E-state index in [4.69, 9.17) is 11.6 Å². The fourth-order valence-electron chi connectivity index (χ4n) is 0.948. The first-order valence-electron chi connectivity index (χ1n) is 4.02. The minimum absolute atomic E-state index is 0.197. The number of pyridine rings is 1. The molecule has 0 aliphatic rings. The van der Waals surface area contributed by atoms with E-state index >= 15 is 0 Å². The Bertz CT molecular complexity index is 261. The minimum Gasteiger partial charge on any atom is -0.387 e. The molecule has 1 unspecified atom stereocenters. The molecule has 0 saturated heterocycles. The molecule has 0 radical (unpaired) electrons. The van der Waals surface area contributed by atoms with Crippen molar-refractivity contribution in [3.8, 4) is 0 Å². The first-order valence-corrected chi connectivity index (χ1v) is 4.56. The molecule has 0 aliphatic carbocycles. The van der Waals surface area contributed by atoms with Gasteiger partial charge in [-0.1, -0.05) is 6.07 Å². The third-order valence-corrected chi connectivity index (χ3v) is 2.05. The molecule has 1 atom stereocenters. The molecule has 0 bridgehead atoms. The van der Waals surface area contributed by atoms with Crippen molar-refractivity contribution in [2.24, 2.45) is 0 Å². The number of nitrogens with zero attached hydrogens (tertiary/aromatic N) is 2. The first-order chi connectivity index (χ1) is 6.15. The predicted molar refractivity (Wildman–Crippen MR) is 54.2 cm³/mol. The summed E-state index contributed by atoms with van der Waals surface area (Å²) in [5, 5.41) is 9.37. The van der Waals surface area contributed by atoms with Gasteiger partial charge in [0.2, 0.25) is 0 Å². The van der Waals surface area contributed by atoms with Gasteiger partial charge in [-0.25, -0.2) is 4.98 Å². The molecule has 0 aliphatic heterocycles. The predicted octanol–water partition coefficient (Wildman–Crippen LogP) is 1.42. The largest absolute Gasteiger partial charge is 0.387 e. The normalized spacial score (nSPS) is 12.6. The van der Waals surface area contributed by atoms with Crippen LogP contribution in [0, 0.1) is 0 Å². The highest BCUT2D eigenvalue weighted by Gasteiger charge is 2.06. The van der Waals surface area contributed by atoms with E-state index in [-0.39, 0.29) is 5.88 Å². The van der Waals surface area contributed by atoms with Gasteiger partial charge in [0.25, 0.3) is 0 Å². The first kappa shape index (κ1) is 10.3. The number of anilines is 1. The van der Waals surface area contributed by atoms with Crippen LogP contribution in [0.1, 0.15) is 11.7 Å². The van der Waals surface area contributed by atoms with Crippen molar-refractivity contribution in [3.63, 3.8) is 0 Å². The van der Waals surface area contributed by atoms with Crippen molar-refractivity contribution < 1.29 is 5.11 Å². The summed E-state index contributed by atoms with van der Waals surface area (Å²) in [7, 11) is 3.83. The second-order valence-corrected chi connectivity index (χ2v) is 3.32. The molecule has 13 heavy (non-hydrogen) atoms. The lowest BCUT2D eigenvalue weighted by atomic mass is 10.2. The number of halogens is 1. The standard InChI is InChI=1S/C9H13ClN2O/c1-12(2)9-4-3-7(6-11-9)8(13)5-10/h3-4,6,8,13H,5H2,1-2H3. The summed E-state index contributed by atoms with van der Waals surface area (Å²) in [6, 6.07) is 3.68. The molecular formula is C9H13ClN2O. The average Bonchev–Trinajstić information content (AvgIpc) is 2.17. The van der Waals surface area contributed by atoms with Gasteiger partial charge < -0.3 is 10.0 Å². The van der Waals surface area contributed by atoms with Gasteiger partial charge in [-0.3, -0.25) is 0 Å². The molecule has 1 heterocycles. The van der Waals surface area contributed by atoms with Gasteiger partial charge in [-0.05, 0) is 6.07 Å². The van der Waals surface area contributed by atoms with E-state index in [1.165, 1.54) is 0 Å². The minimum atomic E-state index is -0.620. The zero-order valence-electron chi connectivity index (χ0n) is 7.74. The van der Waals surface area contributed by atoms with Gasteiger partial charge in [0.15, 0.2) is 0 Å². The molecule has 1 N–H and O–H groups in total. The fraction of sp³-hybridized carbons (Fsp3) is 0.444. The Kier molecular flexibility index (Phi) is 3.51. The number of hydrogen-bond acceptors (Lipinski definition) is 3. The molecular weight excluding hydrogens is 188 g/mol. The van der Waals surface area contributed by atoms with E-state index in [0.29, 0.717) is 0 Å². The highest BCUT2D eigenvalue weighted by atomic mass is 35.5. The lowest BCUT2D eigenvalue weighted by molar-refractivity contribution is 0.202. The SMILES string of the molecule is CN(C)c1ccc(C(O)CCl)cn1. The summed E-state index contributed by atoms with van der Waals surface area (Å²) in [6.07, 6.45) is 1.02. The van der Waals surface area contributed by atoms with Crippen molar-refractivity contribution >= 4 is 17.4 Å². The molecule has 0 saturated carbocycles. The summed E-state index contributed by atoms with van der Waals surface area (Å²) in [5.41, 5.74) is 0.751. The second-order valence-electron chi connectivity index (χ2n) is 3.01. The van der Waals surface area contributed by atoms with Crippen LogP contribution in [0.25, 0.3) is 0 Å². The van der Waals surface area contributed by atoms with Crippen molar-refractivity contribution in [3.05, 3.63) is 23.9 Å². The van der Waals surface area contributed by atoms with Crippen LogP contribution in [-0.2, 0) is 0 Å². The van der Waals surface area contributed by atoms with Gasteiger partial charge in [0.05, 0.1) is 12.0 Å².